The van der Waals surface area contributed by atoms with Crippen molar-refractivity contribution in [2.45, 2.75) is 71.4 Å². The molecule has 2 fully saturated rings. The minimum absolute atomic E-state index is 0. The van der Waals surface area contributed by atoms with Gasteiger partial charge in [0.05, 0.1) is 0 Å². The van der Waals surface area contributed by atoms with Gasteiger partial charge in [0.15, 0.2) is 5.96 Å². The summed E-state index contributed by atoms with van der Waals surface area (Å²) in [6.07, 6.45) is 5.39. The molecule has 1 amide bonds. The quantitative estimate of drug-likeness (QED) is 0.329. The zero-order valence-electron chi connectivity index (χ0n) is 19.0. The molecule has 0 radical (unpaired) electrons. The van der Waals surface area contributed by atoms with E-state index in [9.17, 15) is 4.79 Å². The molecule has 2 aliphatic rings. The van der Waals surface area contributed by atoms with Gasteiger partial charge >= 0.3 is 6.09 Å². The van der Waals surface area contributed by atoms with Gasteiger partial charge in [-0.2, -0.15) is 0 Å². The second kappa shape index (κ2) is 12.8. The van der Waals surface area contributed by atoms with Crippen LogP contribution < -0.4 is 10.6 Å². The molecule has 0 unspecified atom stereocenters. The summed E-state index contributed by atoms with van der Waals surface area (Å²) in [5.41, 5.74) is -0.430. The molecule has 0 spiro atoms. The summed E-state index contributed by atoms with van der Waals surface area (Å²) >= 11 is 0. The molecule has 2 heterocycles. The number of carbonyl (C=O) groups excluding carboxylic acids is 1. The minimum Gasteiger partial charge on any atom is -0.444 e. The Morgan fingerprint density at radius 1 is 1.10 bits per heavy atom. The number of rotatable bonds is 5. The average molecular weight is 524 g/mol. The number of hydrogen-bond donors (Lipinski definition) is 2. The first-order chi connectivity index (χ1) is 13.3. The molecule has 2 rings (SSSR count). The van der Waals surface area contributed by atoms with Crippen molar-refractivity contribution in [3.63, 3.8) is 0 Å². The van der Waals surface area contributed by atoms with Crippen LogP contribution in [0.5, 0.6) is 0 Å². The fourth-order valence-corrected chi connectivity index (χ4v) is 3.89. The summed E-state index contributed by atoms with van der Waals surface area (Å²) in [6.45, 7) is 14.0. The lowest BCUT2D eigenvalue weighted by atomic mass is 9.97. The first kappa shape index (κ1) is 26.3. The van der Waals surface area contributed by atoms with Crippen molar-refractivity contribution in [2.24, 2.45) is 10.9 Å². The van der Waals surface area contributed by atoms with Crippen LogP contribution in [-0.2, 0) is 4.74 Å². The molecule has 2 N–H and O–H groups in total. The van der Waals surface area contributed by atoms with Gasteiger partial charge < -0.3 is 25.2 Å². The van der Waals surface area contributed by atoms with Gasteiger partial charge in [-0.1, -0.05) is 6.92 Å². The molecular formula is C21H42IN5O2. The van der Waals surface area contributed by atoms with Crippen LogP contribution in [-0.4, -0.2) is 79.8 Å². The van der Waals surface area contributed by atoms with E-state index < -0.39 is 5.60 Å². The molecular weight excluding hydrogens is 481 g/mol. The zero-order chi connectivity index (χ0) is 20.6. The molecule has 2 aliphatic heterocycles. The van der Waals surface area contributed by atoms with Crippen LogP contribution in [0.2, 0.25) is 0 Å². The van der Waals surface area contributed by atoms with E-state index in [0.717, 1.165) is 38.4 Å². The number of amides is 1. The number of guanidine groups is 1. The molecule has 0 aromatic heterocycles. The highest BCUT2D eigenvalue weighted by Gasteiger charge is 2.27. The smallest absolute Gasteiger partial charge is 0.410 e. The van der Waals surface area contributed by atoms with E-state index >= 15 is 0 Å². The number of ether oxygens (including phenoxy) is 1. The molecule has 2 saturated heterocycles. The Kier molecular flexibility index (Phi) is 11.6. The van der Waals surface area contributed by atoms with Crippen LogP contribution >= 0.6 is 24.0 Å². The molecule has 170 valence electrons. The highest BCUT2D eigenvalue weighted by atomic mass is 127. The minimum atomic E-state index is -0.430. The summed E-state index contributed by atoms with van der Waals surface area (Å²) in [7, 11) is 1.84. The van der Waals surface area contributed by atoms with E-state index in [1.54, 1.807) is 0 Å². The lowest BCUT2D eigenvalue weighted by Gasteiger charge is -2.34. The first-order valence-corrected chi connectivity index (χ1v) is 11.0. The Morgan fingerprint density at radius 3 is 2.24 bits per heavy atom. The predicted molar refractivity (Wildman–Crippen MR) is 130 cm³/mol. The molecule has 0 aromatic carbocycles. The highest BCUT2D eigenvalue weighted by molar-refractivity contribution is 14.0. The van der Waals surface area contributed by atoms with Crippen LogP contribution in [0.3, 0.4) is 0 Å². The van der Waals surface area contributed by atoms with Crippen LogP contribution in [0.4, 0.5) is 4.79 Å². The van der Waals surface area contributed by atoms with Crippen LogP contribution in [0.15, 0.2) is 4.99 Å². The standard InChI is InChI=1S/C21H41N5O2.HI/c1-6-11-25-12-9-18(10-13-25)24-19(22-5)23-16-17-7-14-26(15-8-17)20(27)28-21(2,3)4;/h17-18H,6-16H2,1-5H3,(H2,22,23,24);1H. The number of likely N-dealkylation sites (tertiary alicyclic amines) is 2. The lowest BCUT2D eigenvalue weighted by Crippen LogP contribution is -2.50. The maximum Gasteiger partial charge on any atom is 0.410 e. The van der Waals surface area contributed by atoms with Crippen LogP contribution in [0.25, 0.3) is 0 Å². The fraction of sp³-hybridized carbons (Fsp3) is 0.905. The van der Waals surface area contributed by atoms with Gasteiger partial charge in [0, 0.05) is 45.8 Å². The molecule has 0 bridgehead atoms. The van der Waals surface area contributed by atoms with Crippen molar-refractivity contribution in [1.29, 1.82) is 0 Å². The molecule has 0 aromatic rings. The third-order valence-corrected chi connectivity index (χ3v) is 5.52. The summed E-state index contributed by atoms with van der Waals surface area (Å²) in [6, 6.07) is 0.508. The van der Waals surface area contributed by atoms with Gasteiger partial charge in [0.25, 0.3) is 0 Å². The first-order valence-electron chi connectivity index (χ1n) is 11.0. The van der Waals surface area contributed by atoms with E-state index in [1.165, 1.54) is 38.9 Å². The van der Waals surface area contributed by atoms with Gasteiger partial charge in [-0.05, 0) is 65.3 Å². The van der Waals surface area contributed by atoms with Gasteiger partial charge in [0.2, 0.25) is 0 Å². The van der Waals surface area contributed by atoms with Crippen LogP contribution in [0.1, 0.15) is 59.8 Å². The monoisotopic (exact) mass is 523 g/mol. The SMILES string of the molecule is CCCN1CCC(NC(=NC)NCC2CCN(C(=O)OC(C)(C)C)CC2)CC1.I. The maximum absolute atomic E-state index is 12.2. The average Bonchev–Trinajstić information content (AvgIpc) is 2.65. The summed E-state index contributed by atoms with van der Waals surface area (Å²) in [5, 5.41) is 7.08. The van der Waals surface area contributed by atoms with E-state index in [-0.39, 0.29) is 30.1 Å². The molecule has 0 atom stereocenters. The molecule has 0 aliphatic carbocycles. The Hall–Kier alpha value is -0.770. The number of nitrogens with one attached hydrogen (secondary N) is 2. The molecule has 0 saturated carbocycles. The van der Waals surface area contributed by atoms with Crippen LogP contribution in [0, 0.1) is 5.92 Å². The number of piperidine rings is 2. The molecule has 29 heavy (non-hydrogen) atoms. The Labute approximate surface area is 194 Å². The predicted octanol–water partition coefficient (Wildman–Crippen LogP) is 3.29. The Morgan fingerprint density at radius 2 is 1.72 bits per heavy atom. The zero-order valence-corrected chi connectivity index (χ0v) is 21.3. The van der Waals surface area contributed by atoms with Gasteiger partial charge in [-0.15, -0.1) is 24.0 Å². The number of halogens is 1. The summed E-state index contributed by atoms with van der Waals surface area (Å²) in [5.74, 6) is 1.46. The van der Waals surface area contributed by atoms with E-state index in [1.807, 2.05) is 32.7 Å². The number of hydrogen-bond acceptors (Lipinski definition) is 4. The largest absolute Gasteiger partial charge is 0.444 e. The number of carbonyl (C=O) groups is 1. The lowest BCUT2D eigenvalue weighted by molar-refractivity contribution is 0.0185. The molecule has 7 nitrogen and oxygen atoms in total. The second-order valence-corrected chi connectivity index (χ2v) is 9.12. The van der Waals surface area contributed by atoms with Gasteiger partial charge in [-0.25, -0.2) is 4.79 Å². The fourth-order valence-electron chi connectivity index (χ4n) is 3.89. The van der Waals surface area contributed by atoms with E-state index in [0.29, 0.717) is 12.0 Å². The third kappa shape index (κ3) is 9.72. The highest BCUT2D eigenvalue weighted by Crippen LogP contribution is 2.19. The number of nitrogens with zero attached hydrogens (tertiary/aromatic N) is 3. The topological polar surface area (TPSA) is 69.2 Å². The summed E-state index contributed by atoms with van der Waals surface area (Å²) < 4.78 is 5.47. The van der Waals surface area contributed by atoms with Gasteiger partial charge in [-0.3, -0.25) is 4.99 Å². The Bertz CT molecular complexity index is 508. The molecule has 8 heteroatoms. The number of aliphatic imine (C=N–C) groups is 1. The third-order valence-electron chi connectivity index (χ3n) is 5.52. The Balaban J connectivity index is 0.00000420. The van der Waals surface area contributed by atoms with Gasteiger partial charge in [0.1, 0.15) is 5.60 Å². The van der Waals surface area contributed by atoms with Crippen molar-refractivity contribution in [1.82, 2.24) is 20.4 Å². The van der Waals surface area contributed by atoms with Crippen molar-refractivity contribution >= 4 is 36.0 Å². The maximum atomic E-state index is 12.2. The van der Waals surface area contributed by atoms with Crippen molar-refractivity contribution in [3.05, 3.63) is 0 Å². The van der Waals surface area contributed by atoms with Crippen molar-refractivity contribution in [3.8, 4) is 0 Å². The normalized spacial score (nSPS) is 20.2. The van der Waals surface area contributed by atoms with Crippen molar-refractivity contribution < 1.29 is 9.53 Å². The second-order valence-electron chi connectivity index (χ2n) is 9.12. The van der Waals surface area contributed by atoms with E-state index in [4.69, 9.17) is 4.74 Å². The summed E-state index contributed by atoms with van der Waals surface area (Å²) in [4.78, 5) is 21.0. The van der Waals surface area contributed by atoms with E-state index in [2.05, 4.69) is 27.4 Å². The van der Waals surface area contributed by atoms with Crippen molar-refractivity contribution in [2.75, 3.05) is 46.3 Å².